The molecule has 3 nitrogen and oxygen atoms in total. The lowest BCUT2D eigenvalue weighted by Gasteiger charge is -2.27. The summed E-state index contributed by atoms with van der Waals surface area (Å²) in [6, 6.07) is 0. The number of hydrogen-bond donors (Lipinski definition) is 0. The van der Waals surface area contributed by atoms with Gasteiger partial charge >= 0.3 is 6.18 Å². The summed E-state index contributed by atoms with van der Waals surface area (Å²) in [5.41, 5.74) is 0. The smallest absolute Gasteiger partial charge is 0.299 e. The number of Topliss-reactive ketones (excluding diaryl/α,β-unsaturated/α-hetero) is 1. The highest BCUT2D eigenvalue weighted by atomic mass is 32.2. The molecule has 19 heavy (non-hydrogen) atoms. The van der Waals surface area contributed by atoms with Crippen molar-refractivity contribution in [3.05, 3.63) is 0 Å². The third kappa shape index (κ3) is 3.30. The number of halogens is 3. The molecule has 2 aliphatic rings. The second kappa shape index (κ2) is 5.07. The number of carbonyl (C=O) groups excluding carboxylic acids is 1. The molecule has 2 bridgehead atoms. The molecular formula is C12H17F3O3S. The van der Waals surface area contributed by atoms with Gasteiger partial charge in [-0.05, 0) is 32.1 Å². The first kappa shape index (κ1) is 14.8. The monoisotopic (exact) mass is 298 g/mol. The van der Waals surface area contributed by atoms with Crippen molar-refractivity contribution < 1.29 is 26.4 Å². The molecule has 0 radical (unpaired) electrons. The minimum atomic E-state index is -4.23. The summed E-state index contributed by atoms with van der Waals surface area (Å²) in [6.07, 6.45) is -3.65. The molecule has 2 fully saturated rings. The fourth-order valence-corrected chi connectivity index (χ4v) is 5.61. The van der Waals surface area contributed by atoms with Crippen LogP contribution in [0.2, 0.25) is 0 Å². The Hall–Kier alpha value is -0.590. The Bertz CT molecular complexity index is 435. The van der Waals surface area contributed by atoms with Crippen molar-refractivity contribution in [3.8, 4) is 0 Å². The number of fused-ring (bicyclic) bond motifs is 2. The molecule has 0 aliphatic carbocycles. The molecule has 2 heterocycles. The summed E-state index contributed by atoms with van der Waals surface area (Å²) in [5.74, 6) is -0.551. The molecule has 2 saturated heterocycles. The van der Waals surface area contributed by atoms with E-state index in [1.807, 2.05) is 0 Å². The van der Waals surface area contributed by atoms with Crippen LogP contribution in [-0.2, 0) is 14.6 Å². The van der Waals surface area contributed by atoms with Gasteiger partial charge in [-0.3, -0.25) is 4.79 Å². The predicted octanol–water partition coefficient (Wildman–Crippen LogP) is 2.64. The number of ketones is 1. The summed E-state index contributed by atoms with van der Waals surface area (Å²) in [6.45, 7) is 0. The Kier molecular flexibility index (Phi) is 3.95. The molecule has 0 saturated carbocycles. The molecular weight excluding hydrogens is 281 g/mol. The van der Waals surface area contributed by atoms with Crippen LogP contribution in [0.15, 0.2) is 0 Å². The fourth-order valence-electron chi connectivity index (χ4n) is 3.14. The van der Waals surface area contributed by atoms with Crippen LogP contribution < -0.4 is 0 Å². The van der Waals surface area contributed by atoms with Crippen molar-refractivity contribution in [2.24, 2.45) is 5.92 Å². The molecule has 7 heteroatoms. The third-order valence-corrected chi connectivity index (χ3v) is 6.89. The Labute approximate surface area is 110 Å². The Morgan fingerprint density at radius 2 is 1.63 bits per heavy atom. The number of rotatable bonds is 4. The van der Waals surface area contributed by atoms with E-state index in [-0.39, 0.29) is 24.5 Å². The van der Waals surface area contributed by atoms with Gasteiger partial charge in [-0.25, -0.2) is 8.42 Å². The lowest BCUT2D eigenvalue weighted by atomic mass is 9.91. The molecule has 0 spiro atoms. The summed E-state index contributed by atoms with van der Waals surface area (Å²) in [5, 5.41) is -0.884. The maximum atomic E-state index is 12.0. The average molecular weight is 298 g/mol. The van der Waals surface area contributed by atoms with Crippen LogP contribution in [0.1, 0.15) is 44.9 Å². The van der Waals surface area contributed by atoms with Crippen LogP contribution in [0.3, 0.4) is 0 Å². The first-order valence-corrected chi connectivity index (χ1v) is 8.13. The maximum Gasteiger partial charge on any atom is 0.389 e. The van der Waals surface area contributed by atoms with Crippen molar-refractivity contribution in [1.82, 2.24) is 0 Å². The lowest BCUT2D eigenvalue weighted by Crippen LogP contribution is -2.36. The third-order valence-electron chi connectivity index (χ3n) is 4.17. The zero-order valence-corrected chi connectivity index (χ0v) is 11.3. The summed E-state index contributed by atoms with van der Waals surface area (Å²) in [4.78, 5) is 11.9. The predicted molar refractivity (Wildman–Crippen MR) is 63.4 cm³/mol. The van der Waals surface area contributed by atoms with Crippen molar-refractivity contribution in [2.75, 3.05) is 0 Å². The number of hydrogen-bond acceptors (Lipinski definition) is 3. The summed E-state index contributed by atoms with van der Waals surface area (Å²) >= 11 is 0. The molecule has 2 atom stereocenters. The topological polar surface area (TPSA) is 51.2 Å². The highest BCUT2D eigenvalue weighted by Gasteiger charge is 2.48. The Balaban J connectivity index is 1.86. The summed E-state index contributed by atoms with van der Waals surface area (Å²) < 4.78 is 59.6. The van der Waals surface area contributed by atoms with E-state index in [0.29, 0.717) is 25.7 Å². The quantitative estimate of drug-likeness (QED) is 0.801. The van der Waals surface area contributed by atoms with Crippen molar-refractivity contribution in [2.45, 2.75) is 61.6 Å². The first-order valence-electron chi connectivity index (χ1n) is 6.52. The van der Waals surface area contributed by atoms with E-state index in [9.17, 15) is 26.4 Å². The normalized spacial score (nSPS) is 33.3. The minimum absolute atomic E-state index is 0.0936. The van der Waals surface area contributed by atoms with E-state index < -0.39 is 32.9 Å². The Morgan fingerprint density at radius 1 is 1.11 bits per heavy atom. The van der Waals surface area contributed by atoms with Gasteiger partial charge in [0, 0.05) is 18.8 Å². The Morgan fingerprint density at radius 3 is 2.11 bits per heavy atom. The van der Waals surface area contributed by atoms with Crippen molar-refractivity contribution >= 4 is 15.6 Å². The van der Waals surface area contributed by atoms with Crippen molar-refractivity contribution in [1.29, 1.82) is 0 Å². The van der Waals surface area contributed by atoms with Gasteiger partial charge in [-0.1, -0.05) is 0 Å². The van der Waals surface area contributed by atoms with Gasteiger partial charge in [0.2, 0.25) is 0 Å². The molecule has 2 aliphatic heterocycles. The molecule has 0 N–H and O–H groups in total. The molecule has 2 rings (SSSR count). The van der Waals surface area contributed by atoms with Crippen LogP contribution >= 0.6 is 0 Å². The van der Waals surface area contributed by atoms with Gasteiger partial charge in [0.15, 0.2) is 9.84 Å². The van der Waals surface area contributed by atoms with Gasteiger partial charge in [-0.2, -0.15) is 13.2 Å². The zero-order valence-electron chi connectivity index (χ0n) is 10.4. The van der Waals surface area contributed by atoms with E-state index in [1.165, 1.54) is 0 Å². The van der Waals surface area contributed by atoms with Crippen molar-refractivity contribution in [3.63, 3.8) is 0 Å². The highest BCUT2D eigenvalue weighted by molar-refractivity contribution is 7.93. The van der Waals surface area contributed by atoms with Crippen LogP contribution in [0.4, 0.5) is 13.2 Å². The van der Waals surface area contributed by atoms with E-state index in [1.54, 1.807) is 0 Å². The fraction of sp³-hybridized carbons (Fsp3) is 0.917. The molecule has 0 aromatic heterocycles. The van der Waals surface area contributed by atoms with Gasteiger partial charge in [0.05, 0.1) is 10.5 Å². The van der Waals surface area contributed by atoms with Gasteiger partial charge in [-0.15, -0.1) is 0 Å². The molecule has 0 amide bonds. The summed E-state index contributed by atoms with van der Waals surface area (Å²) in [7, 11) is -3.07. The van der Waals surface area contributed by atoms with E-state index in [4.69, 9.17) is 0 Å². The average Bonchev–Trinajstić information content (AvgIpc) is 2.49. The number of sulfone groups is 1. The SMILES string of the molecule is O=C(CCCC(F)(F)F)C1CC2CCC(C1)S2(=O)=O. The van der Waals surface area contributed by atoms with Crippen LogP contribution in [-0.4, -0.2) is 30.9 Å². The molecule has 2 unspecified atom stereocenters. The minimum Gasteiger partial charge on any atom is -0.299 e. The van der Waals surface area contributed by atoms with Crippen LogP contribution in [0, 0.1) is 5.92 Å². The van der Waals surface area contributed by atoms with Crippen LogP contribution in [0.5, 0.6) is 0 Å². The van der Waals surface area contributed by atoms with E-state index >= 15 is 0 Å². The second-order valence-electron chi connectivity index (χ2n) is 5.51. The second-order valence-corrected chi connectivity index (χ2v) is 8.03. The van der Waals surface area contributed by atoms with E-state index in [2.05, 4.69) is 0 Å². The van der Waals surface area contributed by atoms with Crippen LogP contribution in [0.25, 0.3) is 0 Å². The van der Waals surface area contributed by atoms with Gasteiger partial charge < -0.3 is 0 Å². The lowest BCUT2D eigenvalue weighted by molar-refractivity contribution is -0.137. The standard InChI is InChI=1S/C12H17F3O3S/c13-12(14,15)5-1-2-11(16)8-6-9-3-4-10(7-8)19(9,17)18/h8-10H,1-7H2. The van der Waals surface area contributed by atoms with Gasteiger partial charge in [0.1, 0.15) is 5.78 Å². The van der Waals surface area contributed by atoms with E-state index in [0.717, 1.165) is 0 Å². The maximum absolute atomic E-state index is 12.0. The highest BCUT2D eigenvalue weighted by Crippen LogP contribution is 2.41. The first-order chi connectivity index (χ1) is 8.70. The molecule has 0 aromatic carbocycles. The molecule has 0 aromatic rings. The number of carbonyl (C=O) groups is 1. The number of alkyl halides is 3. The largest absolute Gasteiger partial charge is 0.389 e. The molecule has 110 valence electrons. The van der Waals surface area contributed by atoms with Gasteiger partial charge in [0.25, 0.3) is 0 Å². The zero-order chi connectivity index (χ0) is 14.3.